The molecular formula is C2H2F2O2Rh. The number of hydrogen-bond donors (Lipinski definition) is 1. The third kappa shape index (κ3) is 5.95. The van der Waals surface area contributed by atoms with Gasteiger partial charge in [0, 0.05) is 19.5 Å². The molecule has 45 valence electrons. The van der Waals surface area contributed by atoms with E-state index in [1.165, 1.54) is 0 Å². The van der Waals surface area contributed by atoms with Crippen LogP contribution in [0, 0.1) is 0 Å². The van der Waals surface area contributed by atoms with Crippen LogP contribution in [0.3, 0.4) is 0 Å². The van der Waals surface area contributed by atoms with Crippen LogP contribution in [0.1, 0.15) is 0 Å². The minimum absolute atomic E-state index is 0. The molecule has 0 aromatic rings. The summed E-state index contributed by atoms with van der Waals surface area (Å²) in [5.74, 6) is -2.07. The van der Waals surface area contributed by atoms with Crippen LogP contribution in [0.2, 0.25) is 0 Å². The molecule has 0 saturated carbocycles. The second-order valence-corrected chi connectivity index (χ2v) is 0.639. The molecule has 0 saturated heterocycles. The third-order valence-corrected chi connectivity index (χ3v) is 0.187. The molecule has 1 N–H and O–H groups in total. The maximum Gasteiger partial charge on any atom is 0.371 e. The van der Waals surface area contributed by atoms with E-state index in [-0.39, 0.29) is 19.5 Å². The standard InChI is InChI=1S/C2H2F2O2.Rh/c3-1(4)2(5)6;/h1H,(H,5,6);. The minimum atomic E-state index is -3.23. The zero-order valence-electron chi connectivity index (χ0n) is 3.02. The smallest absolute Gasteiger partial charge is 0.371 e. The predicted molar refractivity (Wildman–Crippen MR) is 13.6 cm³/mol. The van der Waals surface area contributed by atoms with Crippen LogP contribution >= 0.6 is 0 Å². The van der Waals surface area contributed by atoms with Gasteiger partial charge in [-0.1, -0.05) is 0 Å². The molecule has 0 aromatic heterocycles. The van der Waals surface area contributed by atoms with E-state index < -0.39 is 12.4 Å². The first-order chi connectivity index (χ1) is 2.64. The van der Waals surface area contributed by atoms with E-state index in [0.717, 1.165) is 0 Å². The van der Waals surface area contributed by atoms with Gasteiger partial charge in [0.2, 0.25) is 0 Å². The molecule has 5 heteroatoms. The number of alkyl halides is 2. The van der Waals surface area contributed by atoms with Crippen molar-refractivity contribution >= 4 is 5.97 Å². The molecule has 0 rings (SSSR count). The van der Waals surface area contributed by atoms with Gasteiger partial charge >= 0.3 is 12.4 Å². The summed E-state index contributed by atoms with van der Waals surface area (Å²) in [6.07, 6.45) is -3.23. The van der Waals surface area contributed by atoms with Crippen molar-refractivity contribution in [1.82, 2.24) is 0 Å². The Morgan fingerprint density at radius 3 is 1.71 bits per heavy atom. The SMILES string of the molecule is O=C(O)C(F)F.[Rh]. The molecule has 0 unspecified atom stereocenters. The molecule has 0 amide bonds. The number of carboxylic acid groups (broad SMARTS) is 1. The van der Waals surface area contributed by atoms with Crippen LogP contribution in [-0.2, 0) is 24.3 Å². The summed E-state index contributed by atoms with van der Waals surface area (Å²) in [5.41, 5.74) is 0. The van der Waals surface area contributed by atoms with E-state index in [9.17, 15) is 8.78 Å². The molecule has 2 nitrogen and oxygen atoms in total. The van der Waals surface area contributed by atoms with Crippen LogP contribution in [0.15, 0.2) is 0 Å². The maximum absolute atomic E-state index is 10.6. The maximum atomic E-state index is 10.6. The van der Waals surface area contributed by atoms with E-state index in [2.05, 4.69) is 0 Å². The average molecular weight is 199 g/mol. The second kappa shape index (κ2) is 4.12. The fraction of sp³-hybridized carbons (Fsp3) is 0.500. The first-order valence-electron chi connectivity index (χ1n) is 1.15. The number of hydrogen-bond acceptors (Lipinski definition) is 1. The zero-order chi connectivity index (χ0) is 5.15. The molecule has 0 bridgehead atoms. The van der Waals surface area contributed by atoms with Crippen LogP contribution < -0.4 is 0 Å². The average Bonchev–Trinajstić information content (AvgIpc) is 1.36. The van der Waals surface area contributed by atoms with Crippen molar-refractivity contribution in [3.8, 4) is 0 Å². The summed E-state index contributed by atoms with van der Waals surface area (Å²) in [4.78, 5) is 8.95. The Bertz CT molecular complexity index is 64.7. The molecule has 0 fully saturated rings. The summed E-state index contributed by atoms with van der Waals surface area (Å²) in [6.45, 7) is 0. The molecule has 0 aliphatic rings. The molecule has 0 aliphatic heterocycles. The molecule has 7 heavy (non-hydrogen) atoms. The van der Waals surface area contributed by atoms with Crippen molar-refractivity contribution in [2.45, 2.75) is 6.43 Å². The summed E-state index contributed by atoms with van der Waals surface area (Å²) >= 11 is 0. The third-order valence-electron chi connectivity index (χ3n) is 0.187. The van der Waals surface area contributed by atoms with Crippen molar-refractivity contribution in [2.24, 2.45) is 0 Å². The topological polar surface area (TPSA) is 37.3 Å². The van der Waals surface area contributed by atoms with Gasteiger partial charge in [-0.05, 0) is 0 Å². The molecule has 0 aliphatic carbocycles. The Hall–Kier alpha value is -0.0466. The molecule has 0 atom stereocenters. The van der Waals surface area contributed by atoms with Gasteiger partial charge in [-0.25, -0.2) is 4.79 Å². The Morgan fingerprint density at radius 1 is 1.57 bits per heavy atom. The normalized spacial score (nSPS) is 7.86. The van der Waals surface area contributed by atoms with Gasteiger partial charge in [-0.2, -0.15) is 8.78 Å². The van der Waals surface area contributed by atoms with Crippen LogP contribution in [0.25, 0.3) is 0 Å². The van der Waals surface area contributed by atoms with Crippen LogP contribution in [-0.4, -0.2) is 17.5 Å². The second-order valence-electron chi connectivity index (χ2n) is 0.639. The van der Waals surface area contributed by atoms with Gasteiger partial charge in [0.15, 0.2) is 0 Å². The molecule has 0 spiro atoms. The van der Waals surface area contributed by atoms with Crippen molar-refractivity contribution in [1.29, 1.82) is 0 Å². The summed E-state index contributed by atoms with van der Waals surface area (Å²) in [6, 6.07) is 0. The zero-order valence-corrected chi connectivity index (χ0v) is 4.66. The quantitative estimate of drug-likeness (QED) is 0.618. The molecule has 1 radical (unpaired) electrons. The number of halogens is 2. The Balaban J connectivity index is 0. The Kier molecular flexibility index (Phi) is 5.91. The van der Waals surface area contributed by atoms with Gasteiger partial charge in [0.05, 0.1) is 0 Å². The fourth-order valence-corrected chi connectivity index (χ4v) is 0. The van der Waals surface area contributed by atoms with E-state index in [1.54, 1.807) is 0 Å². The van der Waals surface area contributed by atoms with Crippen LogP contribution in [0.5, 0.6) is 0 Å². The Morgan fingerprint density at radius 2 is 1.71 bits per heavy atom. The van der Waals surface area contributed by atoms with Crippen molar-refractivity contribution in [3.05, 3.63) is 0 Å². The van der Waals surface area contributed by atoms with Crippen molar-refractivity contribution in [2.75, 3.05) is 0 Å². The Labute approximate surface area is 51.3 Å². The summed E-state index contributed by atoms with van der Waals surface area (Å²) in [7, 11) is 0. The first-order valence-corrected chi connectivity index (χ1v) is 1.15. The van der Waals surface area contributed by atoms with Crippen molar-refractivity contribution in [3.63, 3.8) is 0 Å². The monoisotopic (exact) mass is 199 g/mol. The number of carboxylic acids is 1. The minimum Gasteiger partial charge on any atom is -0.477 e. The van der Waals surface area contributed by atoms with Gasteiger partial charge in [-0.3, -0.25) is 0 Å². The van der Waals surface area contributed by atoms with E-state index in [4.69, 9.17) is 9.90 Å². The van der Waals surface area contributed by atoms with Gasteiger partial charge in [-0.15, -0.1) is 0 Å². The summed E-state index contributed by atoms with van der Waals surface area (Å²) in [5, 5.41) is 7.24. The fourth-order valence-electron chi connectivity index (χ4n) is 0. The first kappa shape index (κ1) is 10.0. The van der Waals surface area contributed by atoms with Gasteiger partial charge in [0.1, 0.15) is 0 Å². The molecular weight excluding hydrogens is 197 g/mol. The molecule has 0 heterocycles. The molecule has 0 aromatic carbocycles. The van der Waals surface area contributed by atoms with Crippen LogP contribution in [0.4, 0.5) is 8.78 Å². The van der Waals surface area contributed by atoms with E-state index in [0.29, 0.717) is 0 Å². The summed E-state index contributed by atoms with van der Waals surface area (Å²) < 4.78 is 21.1. The number of carbonyl (C=O) groups is 1. The van der Waals surface area contributed by atoms with Crippen molar-refractivity contribution < 1.29 is 38.2 Å². The van der Waals surface area contributed by atoms with E-state index >= 15 is 0 Å². The number of aliphatic carboxylic acids is 1. The van der Waals surface area contributed by atoms with E-state index in [1.807, 2.05) is 0 Å². The van der Waals surface area contributed by atoms with Gasteiger partial charge in [0.25, 0.3) is 0 Å². The number of rotatable bonds is 1. The largest absolute Gasteiger partial charge is 0.477 e. The predicted octanol–water partition coefficient (Wildman–Crippen LogP) is 0.334. The van der Waals surface area contributed by atoms with Gasteiger partial charge < -0.3 is 5.11 Å².